The van der Waals surface area contributed by atoms with E-state index < -0.39 is 46.3 Å². The second kappa shape index (κ2) is 8.36. The van der Waals surface area contributed by atoms with Crippen LogP contribution in [0.4, 0.5) is 16.2 Å². The van der Waals surface area contributed by atoms with Gasteiger partial charge in [-0.25, -0.2) is 9.69 Å². The van der Waals surface area contributed by atoms with Crippen molar-refractivity contribution in [1.82, 2.24) is 5.32 Å². The van der Waals surface area contributed by atoms with E-state index in [1.165, 1.54) is 4.90 Å². The number of aryl methyl sites for hydroxylation is 1. The number of thiocarbonyl (C=S) groups is 1. The SMILES string of the molecule is CCOC(=O)[C@H]1[C@]2(C(=O)N(C(=O)OC(C)(C)C)c3ccc(C)cc32)C(=S)N[C@]12C(=O)N(C)c1ccccc12. The topological polar surface area (TPSA) is 105 Å². The van der Waals surface area contributed by atoms with E-state index in [0.717, 1.165) is 10.5 Å². The Bertz CT molecular complexity index is 1430. The van der Waals surface area contributed by atoms with Crippen molar-refractivity contribution in [2.24, 2.45) is 5.92 Å². The van der Waals surface area contributed by atoms with Gasteiger partial charge in [0.1, 0.15) is 16.9 Å². The molecule has 1 saturated heterocycles. The highest BCUT2D eigenvalue weighted by atomic mass is 32.1. The van der Waals surface area contributed by atoms with Crippen LogP contribution >= 0.6 is 12.2 Å². The minimum absolute atomic E-state index is 0.0184. The number of carbonyl (C=O) groups excluding carboxylic acids is 4. The number of imide groups is 1. The predicted molar refractivity (Wildman–Crippen MR) is 144 cm³/mol. The number of rotatable bonds is 2. The molecule has 38 heavy (non-hydrogen) atoms. The number of para-hydroxylation sites is 1. The lowest BCUT2D eigenvalue weighted by molar-refractivity contribution is -0.156. The van der Waals surface area contributed by atoms with Crippen LogP contribution in [0.25, 0.3) is 0 Å². The van der Waals surface area contributed by atoms with Gasteiger partial charge >= 0.3 is 12.1 Å². The molecule has 3 amide bonds. The van der Waals surface area contributed by atoms with Crippen LogP contribution in [0.2, 0.25) is 0 Å². The zero-order valence-electron chi connectivity index (χ0n) is 22.1. The molecular formula is C28H29N3O6S. The van der Waals surface area contributed by atoms with Gasteiger partial charge in [0.05, 0.1) is 17.3 Å². The fourth-order valence-electron chi connectivity index (χ4n) is 5.92. The van der Waals surface area contributed by atoms with Crippen molar-refractivity contribution >= 4 is 52.5 Å². The molecule has 1 N–H and O–H groups in total. The Morgan fingerprint density at radius 2 is 1.74 bits per heavy atom. The molecule has 2 spiro atoms. The fourth-order valence-corrected chi connectivity index (χ4v) is 6.40. The van der Waals surface area contributed by atoms with Crippen LogP contribution in [0.15, 0.2) is 42.5 Å². The monoisotopic (exact) mass is 535 g/mol. The molecule has 2 aromatic rings. The van der Waals surface area contributed by atoms with Gasteiger partial charge in [-0.05, 0) is 46.8 Å². The Balaban J connectivity index is 1.82. The Kier molecular flexibility index (Phi) is 5.68. The molecule has 0 aromatic heterocycles. The minimum Gasteiger partial charge on any atom is -0.466 e. The highest BCUT2D eigenvalue weighted by molar-refractivity contribution is 7.80. The summed E-state index contributed by atoms with van der Waals surface area (Å²) >= 11 is 5.86. The molecule has 0 aliphatic carbocycles. The summed E-state index contributed by atoms with van der Waals surface area (Å²) in [7, 11) is 1.61. The van der Waals surface area contributed by atoms with Crippen molar-refractivity contribution < 1.29 is 28.7 Å². The smallest absolute Gasteiger partial charge is 0.421 e. The summed E-state index contributed by atoms with van der Waals surface area (Å²) in [4.78, 5) is 58.3. The van der Waals surface area contributed by atoms with Gasteiger partial charge < -0.3 is 19.7 Å². The molecule has 3 heterocycles. The minimum atomic E-state index is -1.88. The lowest BCUT2D eigenvalue weighted by atomic mass is 9.65. The van der Waals surface area contributed by atoms with Gasteiger partial charge in [-0.1, -0.05) is 48.1 Å². The number of benzene rings is 2. The molecule has 9 nitrogen and oxygen atoms in total. The van der Waals surface area contributed by atoms with Crippen LogP contribution in [0, 0.1) is 12.8 Å². The van der Waals surface area contributed by atoms with Gasteiger partial charge in [-0.2, -0.15) is 0 Å². The van der Waals surface area contributed by atoms with Crippen LogP contribution in [0.1, 0.15) is 44.4 Å². The first-order valence-electron chi connectivity index (χ1n) is 12.4. The predicted octanol–water partition coefficient (Wildman–Crippen LogP) is 3.50. The van der Waals surface area contributed by atoms with Gasteiger partial charge in [0.2, 0.25) is 0 Å². The Morgan fingerprint density at radius 1 is 1.05 bits per heavy atom. The van der Waals surface area contributed by atoms with Crippen molar-refractivity contribution in [2.75, 3.05) is 23.5 Å². The van der Waals surface area contributed by atoms with Gasteiger partial charge in [0.15, 0.2) is 5.54 Å². The first kappa shape index (κ1) is 25.8. The summed E-state index contributed by atoms with van der Waals surface area (Å²) in [5.41, 5.74) is -2.03. The number of ether oxygens (including phenoxy) is 2. The molecule has 0 saturated carbocycles. The van der Waals surface area contributed by atoms with Gasteiger partial charge in [-0.15, -0.1) is 0 Å². The van der Waals surface area contributed by atoms with E-state index in [-0.39, 0.29) is 17.3 Å². The average Bonchev–Trinajstić information content (AvgIpc) is 3.34. The average molecular weight is 536 g/mol. The second-order valence-electron chi connectivity index (χ2n) is 10.8. The number of hydrogen-bond donors (Lipinski definition) is 1. The number of nitrogens with one attached hydrogen (secondary N) is 1. The molecule has 3 atom stereocenters. The largest absolute Gasteiger partial charge is 0.466 e. The van der Waals surface area contributed by atoms with Gasteiger partial charge in [0, 0.05) is 23.9 Å². The summed E-state index contributed by atoms with van der Waals surface area (Å²) in [6.45, 7) is 8.58. The molecule has 3 aliphatic heterocycles. The van der Waals surface area contributed by atoms with E-state index in [1.54, 1.807) is 77.2 Å². The zero-order valence-corrected chi connectivity index (χ0v) is 22.9. The lowest BCUT2D eigenvalue weighted by Crippen LogP contribution is -2.57. The highest BCUT2D eigenvalue weighted by Gasteiger charge is 2.77. The van der Waals surface area contributed by atoms with Crippen molar-refractivity contribution in [3.05, 3.63) is 59.2 Å². The maximum absolute atomic E-state index is 14.6. The standard InChI is InChI=1S/C28H29N3O6S/c1-7-36-21(32)20-27(22(38)29-28(20)16-10-8-9-11-18(16)30(6)24(28)34)17-14-15(2)12-13-19(17)31(23(27)33)25(35)37-26(3,4)5/h8-14,20H,7H2,1-6H3,(H,29,38)/t20-,27-,28-/m0/s1. The van der Waals surface area contributed by atoms with Crippen molar-refractivity contribution in [3.8, 4) is 0 Å². The third-order valence-corrected chi connectivity index (χ3v) is 7.75. The maximum Gasteiger partial charge on any atom is 0.421 e. The third kappa shape index (κ3) is 3.19. The van der Waals surface area contributed by atoms with Crippen molar-refractivity contribution in [3.63, 3.8) is 0 Å². The Hall–Kier alpha value is -3.79. The Labute approximate surface area is 226 Å². The summed E-state index contributed by atoms with van der Waals surface area (Å²) in [6, 6.07) is 12.2. The van der Waals surface area contributed by atoms with E-state index in [2.05, 4.69) is 5.32 Å². The van der Waals surface area contributed by atoms with Crippen LogP contribution in [0.3, 0.4) is 0 Å². The van der Waals surface area contributed by atoms with Crippen LogP contribution < -0.4 is 15.1 Å². The molecule has 10 heteroatoms. The van der Waals surface area contributed by atoms with Crippen LogP contribution in [0.5, 0.6) is 0 Å². The number of nitrogens with zero attached hydrogens (tertiary/aromatic N) is 2. The van der Waals surface area contributed by atoms with Gasteiger partial charge in [-0.3, -0.25) is 14.4 Å². The summed E-state index contributed by atoms with van der Waals surface area (Å²) in [5, 5.41) is 3.13. The molecule has 198 valence electrons. The quantitative estimate of drug-likeness (QED) is 0.460. The number of likely N-dealkylation sites (N-methyl/N-ethyl adjacent to an activating group) is 1. The highest BCUT2D eigenvalue weighted by Crippen LogP contribution is 2.60. The van der Waals surface area contributed by atoms with E-state index in [4.69, 9.17) is 21.7 Å². The van der Waals surface area contributed by atoms with E-state index in [9.17, 15) is 19.2 Å². The number of esters is 1. The zero-order chi connectivity index (χ0) is 27.8. The molecule has 0 unspecified atom stereocenters. The van der Waals surface area contributed by atoms with Crippen LogP contribution in [-0.2, 0) is 34.8 Å². The number of amides is 3. The molecular weight excluding hydrogens is 506 g/mol. The Morgan fingerprint density at radius 3 is 2.39 bits per heavy atom. The number of anilines is 2. The fraction of sp³-hybridized carbons (Fsp3) is 0.393. The van der Waals surface area contributed by atoms with Crippen molar-refractivity contribution in [2.45, 2.75) is 51.2 Å². The van der Waals surface area contributed by atoms with E-state index in [0.29, 0.717) is 16.8 Å². The molecule has 3 aliphatic rings. The molecule has 1 fully saturated rings. The molecule has 2 aromatic carbocycles. The molecule has 5 rings (SSSR count). The van der Waals surface area contributed by atoms with Crippen molar-refractivity contribution in [1.29, 1.82) is 0 Å². The maximum atomic E-state index is 14.6. The van der Waals surface area contributed by atoms with E-state index in [1.807, 2.05) is 6.92 Å². The molecule has 0 bridgehead atoms. The normalized spacial score (nSPS) is 25.6. The summed E-state index contributed by atoms with van der Waals surface area (Å²) < 4.78 is 11.1. The second-order valence-corrected chi connectivity index (χ2v) is 11.2. The lowest BCUT2D eigenvalue weighted by Gasteiger charge is -2.34. The first-order valence-corrected chi connectivity index (χ1v) is 12.8. The summed E-state index contributed by atoms with van der Waals surface area (Å²) in [6.07, 6.45) is -0.897. The number of fused-ring (bicyclic) bond motifs is 4. The first-order chi connectivity index (χ1) is 17.8. The van der Waals surface area contributed by atoms with E-state index >= 15 is 0 Å². The van der Waals surface area contributed by atoms with Gasteiger partial charge in [0.25, 0.3) is 11.8 Å². The van der Waals surface area contributed by atoms with Crippen LogP contribution in [-0.4, -0.2) is 48.1 Å². The number of carbonyl (C=O) groups is 4. The number of hydrogen-bond acceptors (Lipinski definition) is 7. The third-order valence-electron chi connectivity index (χ3n) is 7.32. The summed E-state index contributed by atoms with van der Waals surface area (Å²) in [5.74, 6) is -3.42. The molecule has 0 radical (unpaired) electrons.